The van der Waals surface area contributed by atoms with Gasteiger partial charge in [-0.3, -0.25) is 0 Å². The Hall–Kier alpha value is -0.180. The highest BCUT2D eigenvalue weighted by atomic mass is 35.5. The zero-order chi connectivity index (χ0) is 12.0. The smallest absolute Gasteiger partial charge is 0.0659 e. The molecule has 0 aliphatic heterocycles. The van der Waals surface area contributed by atoms with Crippen molar-refractivity contribution >= 4 is 23.4 Å². The molecule has 0 radical (unpaired) electrons. The SMILES string of the molecule is CCCC(C)C(O)CSc1ccc(Cl)cc1. The second kappa shape index (κ2) is 7.21. The highest BCUT2D eigenvalue weighted by Crippen LogP contribution is 2.23. The number of halogens is 1. The summed E-state index contributed by atoms with van der Waals surface area (Å²) in [5, 5.41) is 10.7. The molecule has 2 atom stereocenters. The summed E-state index contributed by atoms with van der Waals surface area (Å²) in [5.41, 5.74) is 0. The lowest BCUT2D eigenvalue weighted by Gasteiger charge is -2.17. The molecule has 2 unspecified atom stereocenters. The molecule has 3 heteroatoms. The summed E-state index contributed by atoms with van der Waals surface area (Å²) in [7, 11) is 0. The van der Waals surface area contributed by atoms with Crippen molar-refractivity contribution in [3.63, 3.8) is 0 Å². The van der Waals surface area contributed by atoms with Crippen LogP contribution in [0.3, 0.4) is 0 Å². The van der Waals surface area contributed by atoms with Crippen molar-refractivity contribution in [1.82, 2.24) is 0 Å². The van der Waals surface area contributed by atoms with Crippen LogP contribution in [0.4, 0.5) is 0 Å². The number of aliphatic hydroxyl groups is 1. The van der Waals surface area contributed by atoms with Crippen molar-refractivity contribution in [2.24, 2.45) is 5.92 Å². The Labute approximate surface area is 107 Å². The second-order valence-corrected chi connectivity index (χ2v) is 5.63. The van der Waals surface area contributed by atoms with Gasteiger partial charge in [0.2, 0.25) is 0 Å². The molecule has 1 nitrogen and oxygen atoms in total. The van der Waals surface area contributed by atoms with Gasteiger partial charge in [0.25, 0.3) is 0 Å². The summed E-state index contributed by atoms with van der Waals surface area (Å²) < 4.78 is 0. The first kappa shape index (κ1) is 13.9. The molecule has 0 saturated heterocycles. The largest absolute Gasteiger partial charge is 0.392 e. The first-order chi connectivity index (χ1) is 7.63. The monoisotopic (exact) mass is 258 g/mol. The van der Waals surface area contributed by atoms with Crippen LogP contribution in [0.25, 0.3) is 0 Å². The van der Waals surface area contributed by atoms with Crippen LogP contribution >= 0.6 is 23.4 Å². The molecule has 0 bridgehead atoms. The summed E-state index contributed by atoms with van der Waals surface area (Å²) in [6.07, 6.45) is 1.99. The third-order valence-corrected chi connectivity index (χ3v) is 4.00. The molecule has 90 valence electrons. The van der Waals surface area contributed by atoms with E-state index in [1.54, 1.807) is 11.8 Å². The third-order valence-electron chi connectivity index (χ3n) is 2.64. The van der Waals surface area contributed by atoms with Gasteiger partial charge >= 0.3 is 0 Å². The van der Waals surface area contributed by atoms with Crippen molar-refractivity contribution in [3.8, 4) is 0 Å². The molecule has 0 fully saturated rings. The normalized spacial score (nSPS) is 14.8. The predicted octanol–water partition coefficient (Wildman–Crippen LogP) is 4.23. The van der Waals surface area contributed by atoms with Gasteiger partial charge in [0.15, 0.2) is 0 Å². The topological polar surface area (TPSA) is 20.2 Å². The minimum Gasteiger partial charge on any atom is -0.392 e. The molecule has 1 rings (SSSR count). The fourth-order valence-corrected chi connectivity index (χ4v) is 2.67. The molecule has 0 heterocycles. The van der Waals surface area contributed by atoms with Crippen LogP contribution in [0.15, 0.2) is 29.2 Å². The number of thioether (sulfide) groups is 1. The summed E-state index contributed by atoms with van der Waals surface area (Å²) in [4.78, 5) is 1.16. The second-order valence-electron chi connectivity index (χ2n) is 4.10. The van der Waals surface area contributed by atoms with E-state index < -0.39 is 0 Å². The average molecular weight is 259 g/mol. The Kier molecular flexibility index (Phi) is 6.25. The Morgan fingerprint density at radius 2 is 1.94 bits per heavy atom. The summed E-state index contributed by atoms with van der Waals surface area (Å²) in [6.45, 7) is 4.26. The van der Waals surface area contributed by atoms with E-state index in [1.807, 2.05) is 24.3 Å². The number of rotatable bonds is 6. The van der Waals surface area contributed by atoms with Crippen molar-refractivity contribution in [2.45, 2.75) is 37.7 Å². The Morgan fingerprint density at radius 1 is 1.31 bits per heavy atom. The maximum Gasteiger partial charge on any atom is 0.0659 e. The lowest BCUT2D eigenvalue weighted by atomic mass is 10.0. The highest BCUT2D eigenvalue weighted by Gasteiger charge is 2.13. The highest BCUT2D eigenvalue weighted by molar-refractivity contribution is 7.99. The minimum atomic E-state index is -0.222. The van der Waals surface area contributed by atoms with Crippen LogP contribution in [0.5, 0.6) is 0 Å². The van der Waals surface area contributed by atoms with E-state index in [0.717, 1.165) is 28.5 Å². The lowest BCUT2D eigenvalue weighted by Crippen LogP contribution is -2.19. The van der Waals surface area contributed by atoms with Gasteiger partial charge in [0.1, 0.15) is 0 Å². The fraction of sp³-hybridized carbons (Fsp3) is 0.538. The van der Waals surface area contributed by atoms with E-state index in [0.29, 0.717) is 5.92 Å². The van der Waals surface area contributed by atoms with Gasteiger partial charge in [-0.15, -0.1) is 11.8 Å². The van der Waals surface area contributed by atoms with Gasteiger partial charge < -0.3 is 5.11 Å². The van der Waals surface area contributed by atoms with Gasteiger partial charge in [0.05, 0.1) is 6.10 Å². The van der Waals surface area contributed by atoms with Crippen molar-refractivity contribution < 1.29 is 5.11 Å². The van der Waals surface area contributed by atoms with E-state index in [1.165, 1.54) is 0 Å². The van der Waals surface area contributed by atoms with E-state index in [4.69, 9.17) is 11.6 Å². The number of hydrogen-bond donors (Lipinski definition) is 1. The fourth-order valence-electron chi connectivity index (χ4n) is 1.52. The molecule has 0 aliphatic rings. The molecule has 1 aromatic rings. The van der Waals surface area contributed by atoms with Crippen molar-refractivity contribution in [3.05, 3.63) is 29.3 Å². The summed E-state index contributed by atoms with van der Waals surface area (Å²) in [6, 6.07) is 7.74. The van der Waals surface area contributed by atoms with Crippen LogP contribution in [-0.4, -0.2) is 17.0 Å². The molecular weight excluding hydrogens is 240 g/mol. The van der Waals surface area contributed by atoms with Crippen LogP contribution in [-0.2, 0) is 0 Å². The maximum atomic E-state index is 9.92. The summed E-state index contributed by atoms with van der Waals surface area (Å²) >= 11 is 7.49. The molecule has 1 N–H and O–H groups in total. The van der Waals surface area contributed by atoms with Gasteiger partial charge in [-0.05, 0) is 36.6 Å². The molecule has 16 heavy (non-hydrogen) atoms. The number of aliphatic hydroxyl groups excluding tert-OH is 1. The number of benzene rings is 1. The Bertz CT molecular complexity index is 299. The van der Waals surface area contributed by atoms with Gasteiger partial charge in [0, 0.05) is 15.7 Å². The van der Waals surface area contributed by atoms with Gasteiger partial charge in [-0.25, -0.2) is 0 Å². The minimum absolute atomic E-state index is 0.222. The zero-order valence-electron chi connectivity index (χ0n) is 9.82. The van der Waals surface area contributed by atoms with Crippen molar-refractivity contribution in [1.29, 1.82) is 0 Å². The zero-order valence-corrected chi connectivity index (χ0v) is 11.4. The summed E-state index contributed by atoms with van der Waals surface area (Å²) in [5.74, 6) is 1.13. The van der Waals surface area contributed by atoms with E-state index >= 15 is 0 Å². The lowest BCUT2D eigenvalue weighted by molar-refractivity contribution is 0.134. The van der Waals surface area contributed by atoms with Crippen LogP contribution < -0.4 is 0 Å². The van der Waals surface area contributed by atoms with E-state index in [-0.39, 0.29) is 6.10 Å². The molecule has 0 aromatic heterocycles. The van der Waals surface area contributed by atoms with Gasteiger partial charge in [-0.1, -0.05) is 31.9 Å². The van der Waals surface area contributed by atoms with E-state index in [9.17, 15) is 5.11 Å². The van der Waals surface area contributed by atoms with Crippen molar-refractivity contribution in [2.75, 3.05) is 5.75 Å². The van der Waals surface area contributed by atoms with E-state index in [2.05, 4.69) is 13.8 Å². The van der Waals surface area contributed by atoms with Crippen LogP contribution in [0.2, 0.25) is 5.02 Å². The molecule has 0 spiro atoms. The molecule has 0 saturated carbocycles. The predicted molar refractivity (Wildman–Crippen MR) is 72.3 cm³/mol. The van der Waals surface area contributed by atoms with Crippen LogP contribution in [0, 0.1) is 5.92 Å². The van der Waals surface area contributed by atoms with Crippen LogP contribution in [0.1, 0.15) is 26.7 Å². The maximum absolute atomic E-state index is 9.92. The number of hydrogen-bond acceptors (Lipinski definition) is 2. The Morgan fingerprint density at radius 3 is 2.50 bits per heavy atom. The average Bonchev–Trinajstić information content (AvgIpc) is 2.28. The molecule has 0 amide bonds. The first-order valence-electron chi connectivity index (χ1n) is 5.70. The molecule has 1 aromatic carbocycles. The quantitative estimate of drug-likeness (QED) is 0.771. The first-order valence-corrected chi connectivity index (χ1v) is 7.06. The third kappa shape index (κ3) is 4.77. The van der Waals surface area contributed by atoms with Gasteiger partial charge in [-0.2, -0.15) is 0 Å². The standard InChI is InChI=1S/C13H19ClOS/c1-3-4-10(2)13(15)9-16-12-7-5-11(14)6-8-12/h5-8,10,13,15H,3-4,9H2,1-2H3. The molecular formula is C13H19ClOS. The molecule has 0 aliphatic carbocycles. The Balaban J connectivity index is 2.36.